The van der Waals surface area contributed by atoms with Gasteiger partial charge in [-0.3, -0.25) is 0 Å². The molecular weight excluding hydrogens is 178 g/mol. The summed E-state index contributed by atoms with van der Waals surface area (Å²) in [4.78, 5) is 14.1. The highest BCUT2D eigenvalue weighted by Gasteiger charge is 2.00. The lowest BCUT2D eigenvalue weighted by molar-refractivity contribution is 0.0607. The highest BCUT2D eigenvalue weighted by molar-refractivity contribution is 5.85. The fourth-order valence-corrected chi connectivity index (χ4v) is 0.985. The van der Waals surface area contributed by atoms with Gasteiger partial charge in [-0.1, -0.05) is 26.2 Å². The van der Waals surface area contributed by atoms with Crippen molar-refractivity contribution in [2.75, 3.05) is 0 Å². The zero-order valence-corrected chi connectivity index (χ0v) is 8.60. The Balaban J connectivity index is 0. The van der Waals surface area contributed by atoms with E-state index in [2.05, 4.69) is 17.1 Å². The molecule has 1 atom stereocenters. The third-order valence-electron chi connectivity index (χ3n) is 1.69. The Bertz CT molecular complexity index is 101. The van der Waals surface area contributed by atoms with Crippen LogP contribution in [0.1, 0.15) is 46.0 Å². The van der Waals surface area contributed by atoms with Crippen molar-refractivity contribution in [2.24, 2.45) is 5.34 Å². The first-order chi connectivity index (χ1) is 5.31. The van der Waals surface area contributed by atoms with E-state index in [-0.39, 0.29) is 18.5 Å². The SMILES string of the molecule is CCCCCCC(C)ON=O.Cl. The molecule has 0 aliphatic heterocycles. The molecule has 0 bridgehead atoms. The van der Waals surface area contributed by atoms with Gasteiger partial charge in [-0.25, -0.2) is 0 Å². The van der Waals surface area contributed by atoms with E-state index in [0.717, 1.165) is 12.8 Å². The van der Waals surface area contributed by atoms with Crippen molar-refractivity contribution in [2.45, 2.75) is 52.1 Å². The Hall–Kier alpha value is -0.310. The minimum absolute atomic E-state index is 0. The first-order valence-corrected chi connectivity index (χ1v) is 4.29. The molecule has 3 nitrogen and oxygen atoms in total. The van der Waals surface area contributed by atoms with Gasteiger partial charge in [-0.15, -0.1) is 17.3 Å². The molecule has 0 aliphatic rings. The number of hydrogen-bond acceptors (Lipinski definition) is 3. The summed E-state index contributed by atoms with van der Waals surface area (Å²) in [7, 11) is 0. The number of unbranched alkanes of at least 4 members (excludes halogenated alkanes) is 3. The molecule has 12 heavy (non-hydrogen) atoms. The molecule has 1 unspecified atom stereocenters. The fraction of sp³-hybridized carbons (Fsp3) is 1.00. The van der Waals surface area contributed by atoms with E-state index < -0.39 is 0 Å². The average Bonchev–Trinajstić information content (AvgIpc) is 1.99. The van der Waals surface area contributed by atoms with E-state index in [1.54, 1.807) is 0 Å². The van der Waals surface area contributed by atoms with Crippen LogP contribution < -0.4 is 0 Å². The molecule has 0 spiro atoms. The van der Waals surface area contributed by atoms with Crippen LogP contribution >= 0.6 is 12.4 Å². The predicted octanol–water partition coefficient (Wildman–Crippen LogP) is 3.47. The maximum atomic E-state index is 9.63. The van der Waals surface area contributed by atoms with Crippen molar-refractivity contribution < 1.29 is 4.84 Å². The van der Waals surface area contributed by atoms with Gasteiger partial charge in [-0.2, -0.15) is 0 Å². The van der Waals surface area contributed by atoms with Gasteiger partial charge in [0.25, 0.3) is 0 Å². The molecule has 0 saturated heterocycles. The summed E-state index contributed by atoms with van der Waals surface area (Å²) < 4.78 is 0. The van der Waals surface area contributed by atoms with Crippen molar-refractivity contribution in [1.82, 2.24) is 0 Å². The summed E-state index contributed by atoms with van der Waals surface area (Å²) in [5.74, 6) is 0. The Labute approximate surface area is 80.2 Å². The van der Waals surface area contributed by atoms with Gasteiger partial charge in [0, 0.05) is 0 Å². The number of nitrogens with zero attached hydrogens (tertiary/aromatic N) is 1. The maximum Gasteiger partial charge on any atom is 0.155 e. The molecule has 0 aromatic rings. The van der Waals surface area contributed by atoms with Crippen molar-refractivity contribution in [3.8, 4) is 0 Å². The van der Waals surface area contributed by atoms with Gasteiger partial charge in [0.05, 0.1) is 0 Å². The van der Waals surface area contributed by atoms with Crippen LogP contribution in [0.4, 0.5) is 0 Å². The minimum atomic E-state index is -0.00986. The summed E-state index contributed by atoms with van der Waals surface area (Å²) in [6.07, 6.45) is 5.78. The lowest BCUT2D eigenvalue weighted by atomic mass is 10.1. The fourth-order valence-electron chi connectivity index (χ4n) is 0.985. The lowest BCUT2D eigenvalue weighted by Crippen LogP contribution is -2.02. The second kappa shape index (κ2) is 10.7. The summed E-state index contributed by atoms with van der Waals surface area (Å²) in [5.41, 5.74) is 0. The van der Waals surface area contributed by atoms with Crippen molar-refractivity contribution in [1.29, 1.82) is 0 Å². The van der Waals surface area contributed by atoms with Crippen LogP contribution in [0, 0.1) is 4.91 Å². The summed E-state index contributed by atoms with van der Waals surface area (Å²) in [6, 6.07) is 0. The third kappa shape index (κ3) is 9.69. The smallest absolute Gasteiger partial charge is 0.155 e. The van der Waals surface area contributed by atoms with Crippen molar-refractivity contribution in [3.05, 3.63) is 4.91 Å². The van der Waals surface area contributed by atoms with E-state index in [0.29, 0.717) is 0 Å². The molecule has 0 amide bonds. The standard InChI is InChI=1S/C8H17NO2.ClH/c1-3-4-5-6-7-8(2)11-9-10;/h8H,3-7H2,1-2H3;1H. The van der Waals surface area contributed by atoms with Crippen LogP contribution in [0.2, 0.25) is 0 Å². The van der Waals surface area contributed by atoms with Gasteiger partial charge in [0.2, 0.25) is 0 Å². The molecule has 0 fully saturated rings. The number of rotatable bonds is 7. The molecule has 0 N–H and O–H groups in total. The monoisotopic (exact) mass is 195 g/mol. The Morgan fingerprint density at radius 2 is 2.00 bits per heavy atom. The van der Waals surface area contributed by atoms with Crippen LogP contribution in [0.3, 0.4) is 0 Å². The largest absolute Gasteiger partial charge is 0.361 e. The molecule has 0 rings (SSSR count). The molecule has 0 aromatic heterocycles. The molecule has 0 aromatic carbocycles. The maximum absolute atomic E-state index is 9.63. The highest BCUT2D eigenvalue weighted by atomic mass is 35.5. The minimum Gasteiger partial charge on any atom is -0.361 e. The predicted molar refractivity (Wildman–Crippen MR) is 52.3 cm³/mol. The third-order valence-corrected chi connectivity index (χ3v) is 1.69. The normalized spacial score (nSPS) is 11.5. The van der Waals surface area contributed by atoms with E-state index in [9.17, 15) is 4.91 Å². The van der Waals surface area contributed by atoms with Crippen LogP contribution in [-0.4, -0.2) is 6.10 Å². The van der Waals surface area contributed by atoms with Gasteiger partial charge in [0.15, 0.2) is 5.34 Å². The Morgan fingerprint density at radius 3 is 2.50 bits per heavy atom. The van der Waals surface area contributed by atoms with E-state index in [1.165, 1.54) is 19.3 Å². The van der Waals surface area contributed by atoms with Crippen molar-refractivity contribution in [3.63, 3.8) is 0 Å². The summed E-state index contributed by atoms with van der Waals surface area (Å²) in [6.45, 7) is 4.04. The lowest BCUT2D eigenvalue weighted by Gasteiger charge is -2.05. The van der Waals surface area contributed by atoms with Gasteiger partial charge in [0.1, 0.15) is 6.10 Å². The van der Waals surface area contributed by atoms with Gasteiger partial charge < -0.3 is 4.84 Å². The molecular formula is C8H18ClNO2. The number of hydrogen-bond donors (Lipinski definition) is 0. The molecule has 4 heteroatoms. The molecule has 74 valence electrons. The Kier molecular flexibility index (Phi) is 12.7. The second-order valence-corrected chi connectivity index (χ2v) is 2.84. The zero-order chi connectivity index (χ0) is 8.53. The topological polar surface area (TPSA) is 38.7 Å². The summed E-state index contributed by atoms with van der Waals surface area (Å²) >= 11 is 0. The van der Waals surface area contributed by atoms with Gasteiger partial charge >= 0.3 is 0 Å². The van der Waals surface area contributed by atoms with E-state index in [4.69, 9.17) is 0 Å². The van der Waals surface area contributed by atoms with Crippen LogP contribution in [0.15, 0.2) is 5.34 Å². The Morgan fingerprint density at radius 1 is 1.33 bits per heavy atom. The quantitative estimate of drug-likeness (QED) is 0.355. The van der Waals surface area contributed by atoms with Crippen LogP contribution in [0.5, 0.6) is 0 Å². The molecule has 0 radical (unpaired) electrons. The molecule has 0 heterocycles. The van der Waals surface area contributed by atoms with E-state index in [1.807, 2.05) is 6.92 Å². The van der Waals surface area contributed by atoms with Crippen molar-refractivity contribution >= 4 is 12.4 Å². The summed E-state index contributed by atoms with van der Waals surface area (Å²) in [5, 5.41) is 2.38. The van der Waals surface area contributed by atoms with Crippen LogP contribution in [0.25, 0.3) is 0 Å². The molecule has 0 aliphatic carbocycles. The first kappa shape index (κ1) is 14.2. The second-order valence-electron chi connectivity index (χ2n) is 2.84. The zero-order valence-electron chi connectivity index (χ0n) is 7.78. The average molecular weight is 196 g/mol. The number of halogens is 1. The first-order valence-electron chi connectivity index (χ1n) is 4.29. The van der Waals surface area contributed by atoms with E-state index >= 15 is 0 Å². The van der Waals surface area contributed by atoms with Crippen LogP contribution in [-0.2, 0) is 4.84 Å². The van der Waals surface area contributed by atoms with Gasteiger partial charge in [-0.05, 0) is 19.8 Å². The molecule has 0 saturated carbocycles. The highest BCUT2D eigenvalue weighted by Crippen LogP contribution is 2.07.